The average molecular weight is 293 g/mol. The van der Waals surface area contributed by atoms with E-state index in [0.717, 1.165) is 32.1 Å². The van der Waals surface area contributed by atoms with Gasteiger partial charge in [-0.2, -0.15) is 0 Å². The zero-order chi connectivity index (χ0) is 15.4. The zero-order valence-electron chi connectivity index (χ0n) is 11.9. The maximum atomic E-state index is 11.2. The van der Waals surface area contributed by atoms with Crippen molar-refractivity contribution in [2.75, 3.05) is 0 Å². The Balaban J connectivity index is 2.25. The van der Waals surface area contributed by atoms with E-state index in [4.69, 9.17) is 9.84 Å². The second-order valence-corrected chi connectivity index (χ2v) is 5.40. The molecule has 0 saturated heterocycles. The highest BCUT2D eigenvalue weighted by molar-refractivity contribution is 5.93. The summed E-state index contributed by atoms with van der Waals surface area (Å²) in [5.41, 5.74) is -0.788. The highest BCUT2D eigenvalue weighted by Crippen LogP contribution is 2.35. The summed E-state index contributed by atoms with van der Waals surface area (Å²) in [7, 11) is 0. The molecule has 0 aliphatic heterocycles. The summed E-state index contributed by atoms with van der Waals surface area (Å²) < 4.78 is 5.77. The predicted molar refractivity (Wildman–Crippen MR) is 76.7 cm³/mol. The molecule has 1 fully saturated rings. The molecule has 2 rings (SSSR count). The summed E-state index contributed by atoms with van der Waals surface area (Å²) in [6.07, 6.45) is 4.91. The first-order valence-electron chi connectivity index (χ1n) is 7.20. The third-order valence-electron chi connectivity index (χ3n) is 4.02. The van der Waals surface area contributed by atoms with Crippen molar-refractivity contribution < 1.29 is 19.6 Å². The van der Waals surface area contributed by atoms with Crippen LogP contribution < -0.4 is 4.74 Å². The first kappa shape index (κ1) is 15.3. The van der Waals surface area contributed by atoms with Gasteiger partial charge in [-0.25, -0.2) is 4.79 Å². The molecule has 2 atom stereocenters. The van der Waals surface area contributed by atoms with E-state index in [2.05, 4.69) is 6.92 Å². The number of hydrogen-bond acceptors (Lipinski definition) is 4. The van der Waals surface area contributed by atoms with Gasteiger partial charge >= 0.3 is 11.7 Å². The molecule has 1 aliphatic carbocycles. The maximum absolute atomic E-state index is 11.2. The summed E-state index contributed by atoms with van der Waals surface area (Å²) in [4.78, 5) is 21.6. The number of carboxylic acids is 1. The van der Waals surface area contributed by atoms with Crippen LogP contribution in [0.5, 0.6) is 5.75 Å². The number of nitrogens with zero attached hydrogens (tertiary/aromatic N) is 1. The Morgan fingerprint density at radius 2 is 2.24 bits per heavy atom. The summed E-state index contributed by atoms with van der Waals surface area (Å²) in [6, 6.07) is 4.18. The summed E-state index contributed by atoms with van der Waals surface area (Å²) in [6.45, 7) is 2.13. The number of nitro benzene ring substituents is 1. The topological polar surface area (TPSA) is 89.7 Å². The first-order valence-corrected chi connectivity index (χ1v) is 7.20. The van der Waals surface area contributed by atoms with Crippen LogP contribution in [0.15, 0.2) is 18.2 Å². The van der Waals surface area contributed by atoms with Gasteiger partial charge in [0.25, 0.3) is 0 Å². The van der Waals surface area contributed by atoms with Crippen molar-refractivity contribution in [1.82, 2.24) is 0 Å². The van der Waals surface area contributed by atoms with Gasteiger partial charge < -0.3 is 9.84 Å². The third-order valence-corrected chi connectivity index (χ3v) is 4.02. The quantitative estimate of drug-likeness (QED) is 0.661. The number of rotatable bonds is 5. The summed E-state index contributed by atoms with van der Waals surface area (Å²) in [5, 5.41) is 20.2. The molecular formula is C15H19NO5. The minimum Gasteiger partial charge on any atom is -0.483 e. The SMILES string of the molecule is CCC1CCCC(Oc2cccc(C(=O)O)c2[N+](=O)[O-])C1. The number of para-hydroxylation sites is 1. The maximum Gasteiger partial charge on any atom is 0.342 e. The standard InChI is InChI=1S/C15H19NO5/c1-2-10-5-3-6-11(9-10)21-13-8-4-7-12(15(17)18)14(13)16(19)20/h4,7-8,10-11H,2-3,5-6,9H2,1H3,(H,17,18). The Bertz CT molecular complexity index is 543. The van der Waals surface area contributed by atoms with Crippen molar-refractivity contribution >= 4 is 11.7 Å². The Morgan fingerprint density at radius 1 is 1.48 bits per heavy atom. The Morgan fingerprint density at radius 3 is 2.86 bits per heavy atom. The lowest BCUT2D eigenvalue weighted by Crippen LogP contribution is -2.25. The van der Waals surface area contributed by atoms with Gasteiger partial charge in [-0.05, 0) is 37.3 Å². The second-order valence-electron chi connectivity index (χ2n) is 5.40. The molecule has 1 saturated carbocycles. The first-order chi connectivity index (χ1) is 10.0. The van der Waals surface area contributed by atoms with E-state index in [0.29, 0.717) is 5.92 Å². The van der Waals surface area contributed by atoms with Crippen LogP contribution in [0, 0.1) is 16.0 Å². The van der Waals surface area contributed by atoms with E-state index in [1.54, 1.807) is 0 Å². The third kappa shape index (κ3) is 3.51. The number of carbonyl (C=O) groups is 1. The molecule has 0 heterocycles. The molecule has 6 nitrogen and oxygen atoms in total. The number of carboxylic acid groups (broad SMARTS) is 1. The number of nitro groups is 1. The Kier molecular flexibility index (Phi) is 4.77. The van der Waals surface area contributed by atoms with Crippen molar-refractivity contribution in [3.63, 3.8) is 0 Å². The summed E-state index contributed by atoms with van der Waals surface area (Å²) >= 11 is 0. The van der Waals surface area contributed by atoms with E-state index < -0.39 is 16.6 Å². The Labute approximate surface area is 122 Å². The zero-order valence-corrected chi connectivity index (χ0v) is 11.9. The molecule has 1 aliphatic rings. The lowest BCUT2D eigenvalue weighted by molar-refractivity contribution is -0.386. The van der Waals surface area contributed by atoms with Crippen molar-refractivity contribution in [2.45, 2.75) is 45.1 Å². The summed E-state index contributed by atoms with van der Waals surface area (Å²) in [5.74, 6) is -0.686. The van der Waals surface area contributed by atoms with Crippen LogP contribution in [0.3, 0.4) is 0 Å². The fourth-order valence-electron chi connectivity index (χ4n) is 2.88. The normalized spacial score (nSPS) is 21.8. The molecule has 1 N–H and O–H groups in total. The largest absolute Gasteiger partial charge is 0.483 e. The van der Waals surface area contributed by atoms with E-state index >= 15 is 0 Å². The van der Waals surface area contributed by atoms with Gasteiger partial charge in [0.05, 0.1) is 11.0 Å². The number of ether oxygens (including phenoxy) is 1. The van der Waals surface area contributed by atoms with Crippen molar-refractivity contribution in [3.05, 3.63) is 33.9 Å². The van der Waals surface area contributed by atoms with Crippen molar-refractivity contribution in [1.29, 1.82) is 0 Å². The molecule has 0 aromatic heterocycles. The molecule has 0 bridgehead atoms. The van der Waals surface area contributed by atoms with E-state index in [1.165, 1.54) is 18.2 Å². The lowest BCUT2D eigenvalue weighted by atomic mass is 9.85. The molecule has 0 radical (unpaired) electrons. The second kappa shape index (κ2) is 6.56. The van der Waals surface area contributed by atoms with Crippen molar-refractivity contribution in [3.8, 4) is 5.75 Å². The molecule has 0 spiro atoms. The average Bonchev–Trinajstić information content (AvgIpc) is 2.46. The predicted octanol–water partition coefficient (Wildman–Crippen LogP) is 3.64. The van der Waals surface area contributed by atoms with Gasteiger partial charge in [0.2, 0.25) is 0 Å². The molecule has 6 heteroatoms. The van der Waals surface area contributed by atoms with Gasteiger partial charge in [0.15, 0.2) is 5.75 Å². The minimum absolute atomic E-state index is 0.0571. The molecule has 114 valence electrons. The van der Waals surface area contributed by atoms with Crippen LogP contribution in [-0.4, -0.2) is 22.1 Å². The monoisotopic (exact) mass is 293 g/mol. The van der Waals surface area contributed by atoms with E-state index in [1.807, 2.05) is 0 Å². The van der Waals surface area contributed by atoms with E-state index in [9.17, 15) is 14.9 Å². The smallest absolute Gasteiger partial charge is 0.342 e. The van der Waals surface area contributed by atoms with Gasteiger partial charge in [-0.3, -0.25) is 10.1 Å². The van der Waals surface area contributed by atoms with Crippen LogP contribution in [-0.2, 0) is 0 Å². The molecule has 0 amide bonds. The fraction of sp³-hybridized carbons (Fsp3) is 0.533. The molecule has 21 heavy (non-hydrogen) atoms. The highest BCUT2D eigenvalue weighted by atomic mass is 16.6. The van der Waals surface area contributed by atoms with Crippen LogP contribution in [0.1, 0.15) is 49.4 Å². The molecular weight excluding hydrogens is 274 g/mol. The van der Waals surface area contributed by atoms with Crippen LogP contribution in [0.25, 0.3) is 0 Å². The fourth-order valence-corrected chi connectivity index (χ4v) is 2.88. The van der Waals surface area contributed by atoms with Crippen LogP contribution >= 0.6 is 0 Å². The highest BCUT2D eigenvalue weighted by Gasteiger charge is 2.29. The van der Waals surface area contributed by atoms with Gasteiger partial charge in [-0.1, -0.05) is 25.8 Å². The molecule has 2 unspecified atom stereocenters. The minimum atomic E-state index is -1.32. The number of benzene rings is 1. The van der Waals surface area contributed by atoms with Crippen molar-refractivity contribution in [2.24, 2.45) is 5.92 Å². The molecule has 1 aromatic rings. The van der Waals surface area contributed by atoms with Gasteiger partial charge in [0.1, 0.15) is 5.56 Å². The van der Waals surface area contributed by atoms with Gasteiger partial charge in [-0.15, -0.1) is 0 Å². The Hall–Kier alpha value is -2.11. The molecule has 1 aromatic carbocycles. The van der Waals surface area contributed by atoms with E-state index in [-0.39, 0.29) is 17.4 Å². The van der Waals surface area contributed by atoms with Crippen LogP contribution in [0.4, 0.5) is 5.69 Å². The van der Waals surface area contributed by atoms with Gasteiger partial charge in [0, 0.05) is 0 Å². The number of hydrogen-bond donors (Lipinski definition) is 1. The number of aromatic carboxylic acids is 1. The van der Waals surface area contributed by atoms with Crippen LogP contribution in [0.2, 0.25) is 0 Å². The lowest BCUT2D eigenvalue weighted by Gasteiger charge is -2.28.